The minimum Gasteiger partial charge on any atom is -0.475 e. The third-order valence-corrected chi connectivity index (χ3v) is 10.9. The Morgan fingerprint density at radius 3 is 2.16 bits per heavy atom. The highest BCUT2D eigenvalue weighted by atomic mass is 31.2. The predicted molar refractivity (Wildman–Crippen MR) is 207 cm³/mol. The molecule has 4 heterocycles. The molecule has 56 heavy (non-hydrogen) atoms. The Labute approximate surface area is 329 Å². The van der Waals surface area contributed by atoms with Gasteiger partial charge in [0.15, 0.2) is 5.82 Å². The summed E-state index contributed by atoms with van der Waals surface area (Å²) in [5, 5.41) is 45.1. The lowest BCUT2D eigenvalue weighted by Crippen LogP contribution is -2.41. The molecule has 0 aromatic carbocycles. The molecule has 1 fully saturated rings. The molecule has 6 atom stereocenters. The zero-order chi connectivity index (χ0) is 40.2. The molecule has 0 spiro atoms. The minimum absolute atomic E-state index is 0.0664. The molecule has 308 valence electrons. The number of aliphatic hydroxyl groups is 2. The van der Waals surface area contributed by atoms with Gasteiger partial charge in [0, 0.05) is 18.9 Å². The van der Waals surface area contributed by atoms with E-state index in [0.29, 0.717) is 17.7 Å². The maximum atomic E-state index is 13.2. The van der Waals surface area contributed by atoms with E-state index >= 15 is 0 Å². The number of unbranched alkanes of at least 4 members (excludes halogenated alkanes) is 15. The number of ether oxygens (including phenoxy) is 3. The quantitative estimate of drug-likeness (QED) is 0.0467. The van der Waals surface area contributed by atoms with E-state index < -0.39 is 44.4 Å². The first kappa shape index (κ1) is 45.0. The maximum Gasteiger partial charge on any atom is 0.472 e. The lowest BCUT2D eigenvalue weighted by Gasteiger charge is -2.24. The highest BCUT2D eigenvalue weighted by Crippen LogP contribution is 2.47. The van der Waals surface area contributed by atoms with Gasteiger partial charge in [-0.25, -0.2) is 19.0 Å². The second-order valence-electron chi connectivity index (χ2n) is 14.3. The van der Waals surface area contributed by atoms with Crippen LogP contribution in [0.15, 0.2) is 36.8 Å². The van der Waals surface area contributed by atoms with Crippen LogP contribution in [0.25, 0.3) is 5.52 Å². The highest BCUT2D eigenvalue weighted by molar-refractivity contribution is 7.47. The van der Waals surface area contributed by atoms with Crippen molar-refractivity contribution in [3.63, 3.8) is 0 Å². The number of phosphoric acid groups is 1. The zero-order valence-corrected chi connectivity index (χ0v) is 33.3. The highest BCUT2D eigenvalue weighted by Gasteiger charge is 2.58. The summed E-state index contributed by atoms with van der Waals surface area (Å²) in [4.78, 5) is 18.7. The second-order valence-corrected chi connectivity index (χ2v) is 15.7. The van der Waals surface area contributed by atoms with Crippen LogP contribution in [0.5, 0.6) is 5.88 Å². The summed E-state index contributed by atoms with van der Waals surface area (Å²) >= 11 is 0. The number of hydrogen-bond donors (Lipinski definition) is 4. The zero-order valence-electron chi connectivity index (χ0n) is 32.4. The van der Waals surface area contributed by atoms with Gasteiger partial charge in [-0.1, -0.05) is 103 Å². The average molecular weight is 800 g/mol. The summed E-state index contributed by atoms with van der Waals surface area (Å²) in [6.07, 6.45) is 16.6. The van der Waals surface area contributed by atoms with Crippen LogP contribution in [-0.2, 0) is 28.7 Å². The first-order chi connectivity index (χ1) is 27.1. The molecular weight excluding hydrogens is 741 g/mol. The van der Waals surface area contributed by atoms with Crippen LogP contribution >= 0.6 is 7.82 Å². The maximum absolute atomic E-state index is 13.2. The molecule has 1 aliphatic rings. The van der Waals surface area contributed by atoms with Gasteiger partial charge in [0.1, 0.15) is 55.0 Å². The normalized spacial score (nSPS) is 21.1. The van der Waals surface area contributed by atoms with E-state index in [0.717, 1.165) is 25.6 Å². The van der Waals surface area contributed by atoms with Crippen molar-refractivity contribution in [2.75, 3.05) is 32.2 Å². The summed E-state index contributed by atoms with van der Waals surface area (Å²) in [7, 11) is -4.85. The van der Waals surface area contributed by atoms with E-state index in [9.17, 15) is 24.9 Å². The van der Waals surface area contributed by atoms with Crippen molar-refractivity contribution in [1.82, 2.24) is 19.6 Å². The number of anilines is 1. The second kappa shape index (κ2) is 23.5. The summed E-state index contributed by atoms with van der Waals surface area (Å²) in [6.45, 7) is 1.60. The number of nitriles is 2. The lowest BCUT2D eigenvalue weighted by molar-refractivity contribution is -0.0669. The smallest absolute Gasteiger partial charge is 0.472 e. The number of pyridine rings is 1. The number of nitrogens with zero attached hydrogens (tertiary/aromatic N) is 6. The Morgan fingerprint density at radius 1 is 0.929 bits per heavy atom. The van der Waals surface area contributed by atoms with Crippen LogP contribution in [0.4, 0.5) is 5.82 Å². The first-order valence-corrected chi connectivity index (χ1v) is 21.4. The summed E-state index contributed by atoms with van der Waals surface area (Å²) < 4.78 is 42.4. The predicted octanol–water partition coefficient (Wildman–Crippen LogP) is 6.28. The molecule has 17 heteroatoms. The summed E-state index contributed by atoms with van der Waals surface area (Å²) in [5.41, 5.74) is 4.54. The van der Waals surface area contributed by atoms with Crippen molar-refractivity contribution < 1.29 is 42.9 Å². The van der Waals surface area contributed by atoms with Crippen molar-refractivity contribution in [3.8, 4) is 18.0 Å². The number of fused-ring (bicyclic) bond motifs is 1. The molecule has 1 saturated heterocycles. The third-order valence-electron chi connectivity index (χ3n) is 9.90. The number of phosphoric ester groups is 1. The summed E-state index contributed by atoms with van der Waals surface area (Å²) in [5.74, 6) is 0.284. The van der Waals surface area contributed by atoms with Crippen LogP contribution in [-0.4, -0.2) is 85.5 Å². The molecule has 0 amide bonds. The standard InChI is InChI=1S/C39H58N7O9P/c1-2-3-4-5-6-7-8-9-10-11-12-13-14-15-16-17-22-51-25-31(26-52-35-21-18-30(23-40)24-43-35)55-56(49,50)53-27-33-36(47)37(48)39(28-41,54-33)34-20-19-32-38(42)44-29-45-46(32)34/h18-21,24,29,31,33,36-37,47-48H,2-17,22,25-27H2,1H3,(H,49,50)(H2,42,44,45)/t31-,33-,36-,37-,39+/m1/s1. The van der Waals surface area contributed by atoms with Gasteiger partial charge >= 0.3 is 7.82 Å². The molecule has 3 aromatic heterocycles. The van der Waals surface area contributed by atoms with Crippen LogP contribution in [0.2, 0.25) is 0 Å². The molecule has 1 unspecified atom stereocenters. The van der Waals surface area contributed by atoms with Gasteiger partial charge in [-0.05, 0) is 24.6 Å². The number of aliphatic hydroxyl groups excluding tert-OH is 2. The Bertz CT molecular complexity index is 1730. The van der Waals surface area contributed by atoms with Crippen LogP contribution in [0.1, 0.15) is 121 Å². The fourth-order valence-corrected chi connectivity index (χ4v) is 7.62. The van der Waals surface area contributed by atoms with E-state index in [2.05, 4.69) is 22.0 Å². The Kier molecular flexibility index (Phi) is 18.9. The van der Waals surface area contributed by atoms with Crippen molar-refractivity contribution in [1.29, 1.82) is 10.5 Å². The minimum atomic E-state index is -4.85. The fourth-order valence-electron chi connectivity index (χ4n) is 6.72. The van der Waals surface area contributed by atoms with E-state index in [4.69, 9.17) is 34.3 Å². The van der Waals surface area contributed by atoms with E-state index in [1.54, 1.807) is 0 Å². The summed E-state index contributed by atoms with van der Waals surface area (Å²) in [6, 6.07) is 9.88. The fraction of sp³-hybridized carbons (Fsp3) is 0.667. The molecular formula is C39H58N7O9P. The topological polar surface area (TPSA) is 241 Å². The van der Waals surface area contributed by atoms with Crippen molar-refractivity contribution in [3.05, 3.63) is 48.0 Å². The molecule has 1 aliphatic heterocycles. The number of rotatable bonds is 28. The van der Waals surface area contributed by atoms with Gasteiger partial charge in [0.25, 0.3) is 0 Å². The van der Waals surface area contributed by atoms with Crippen LogP contribution in [0, 0.1) is 22.7 Å². The Balaban J connectivity index is 1.20. The van der Waals surface area contributed by atoms with Crippen LogP contribution in [0.3, 0.4) is 0 Å². The first-order valence-electron chi connectivity index (χ1n) is 19.9. The third kappa shape index (κ3) is 13.5. The number of nitrogen functional groups attached to an aromatic ring is 1. The van der Waals surface area contributed by atoms with Crippen molar-refractivity contribution in [2.45, 2.75) is 140 Å². The van der Waals surface area contributed by atoms with Gasteiger partial charge in [-0.15, -0.1) is 0 Å². The van der Waals surface area contributed by atoms with Gasteiger partial charge in [-0.3, -0.25) is 9.05 Å². The van der Waals surface area contributed by atoms with E-state index in [1.807, 2.05) is 12.1 Å². The largest absolute Gasteiger partial charge is 0.475 e. The van der Waals surface area contributed by atoms with E-state index in [1.165, 1.54) is 118 Å². The lowest BCUT2D eigenvalue weighted by atomic mass is 9.92. The van der Waals surface area contributed by atoms with Crippen molar-refractivity contribution >= 4 is 19.2 Å². The molecule has 0 radical (unpaired) electrons. The SMILES string of the molecule is CCCCCCCCCCCCCCCCCCOC[C@H](COc1ccc(C#N)cn1)OP(=O)(O)OC[C@H]1O[C@@](C#N)(c2ccc3c(N)ncnn23)[C@H](O)[C@@H]1O. The molecule has 4 rings (SSSR count). The van der Waals surface area contributed by atoms with Gasteiger partial charge in [0.2, 0.25) is 11.5 Å². The van der Waals surface area contributed by atoms with Gasteiger partial charge in [-0.2, -0.15) is 15.6 Å². The Morgan fingerprint density at radius 2 is 1.57 bits per heavy atom. The Hall–Kier alpha value is -3.70. The molecule has 0 saturated carbocycles. The van der Waals surface area contributed by atoms with Crippen molar-refractivity contribution in [2.24, 2.45) is 0 Å². The molecule has 0 bridgehead atoms. The number of nitrogens with two attached hydrogens (primary N) is 1. The van der Waals surface area contributed by atoms with E-state index in [-0.39, 0.29) is 30.6 Å². The average Bonchev–Trinajstić information content (AvgIpc) is 3.75. The molecule has 3 aromatic rings. The molecule has 5 N–H and O–H groups in total. The van der Waals surface area contributed by atoms with Gasteiger partial charge < -0.3 is 35.1 Å². The van der Waals surface area contributed by atoms with Crippen LogP contribution < -0.4 is 10.5 Å². The van der Waals surface area contributed by atoms with Gasteiger partial charge in [0.05, 0.1) is 24.5 Å². The molecule has 16 nitrogen and oxygen atoms in total. The number of hydrogen-bond acceptors (Lipinski definition) is 14. The molecule has 0 aliphatic carbocycles. The number of aromatic nitrogens is 4. The monoisotopic (exact) mass is 799 g/mol.